The van der Waals surface area contributed by atoms with E-state index in [-0.39, 0.29) is 23.6 Å². The first-order chi connectivity index (χ1) is 9.77. The molecule has 0 radical (unpaired) electrons. The lowest BCUT2D eigenvalue weighted by Gasteiger charge is -2.10. The SMILES string of the molecule is CC(CC(=O)O)CC(=O)NC(=O)Nc1cc(Cl)ccc1F. The number of imide groups is 1. The van der Waals surface area contributed by atoms with Crippen LogP contribution in [0.1, 0.15) is 19.8 Å². The van der Waals surface area contributed by atoms with Gasteiger partial charge < -0.3 is 10.4 Å². The Morgan fingerprint density at radius 2 is 2.00 bits per heavy atom. The van der Waals surface area contributed by atoms with E-state index in [1.165, 1.54) is 12.1 Å². The fourth-order valence-corrected chi connectivity index (χ4v) is 1.78. The van der Waals surface area contributed by atoms with Gasteiger partial charge in [-0.15, -0.1) is 0 Å². The average molecular weight is 317 g/mol. The Morgan fingerprint density at radius 3 is 2.62 bits per heavy atom. The van der Waals surface area contributed by atoms with E-state index in [9.17, 15) is 18.8 Å². The monoisotopic (exact) mass is 316 g/mol. The van der Waals surface area contributed by atoms with Crippen LogP contribution in [-0.4, -0.2) is 23.0 Å². The molecule has 0 saturated carbocycles. The molecular weight excluding hydrogens is 303 g/mol. The van der Waals surface area contributed by atoms with Gasteiger partial charge in [0, 0.05) is 17.9 Å². The van der Waals surface area contributed by atoms with Crippen LogP contribution in [0.15, 0.2) is 18.2 Å². The third-order valence-electron chi connectivity index (χ3n) is 2.49. The summed E-state index contributed by atoms with van der Waals surface area (Å²) in [5.41, 5.74) is -0.161. The van der Waals surface area contributed by atoms with Gasteiger partial charge in [-0.1, -0.05) is 18.5 Å². The van der Waals surface area contributed by atoms with Gasteiger partial charge in [0.05, 0.1) is 5.69 Å². The molecule has 0 fully saturated rings. The van der Waals surface area contributed by atoms with Gasteiger partial charge in [0.2, 0.25) is 5.91 Å². The van der Waals surface area contributed by atoms with Gasteiger partial charge in [-0.2, -0.15) is 0 Å². The highest BCUT2D eigenvalue weighted by molar-refractivity contribution is 6.30. The van der Waals surface area contributed by atoms with Crippen molar-refractivity contribution in [3.05, 3.63) is 29.0 Å². The second-order valence-corrected chi connectivity index (χ2v) is 4.97. The topological polar surface area (TPSA) is 95.5 Å². The lowest BCUT2D eigenvalue weighted by atomic mass is 10.0. The van der Waals surface area contributed by atoms with Crippen molar-refractivity contribution in [2.24, 2.45) is 5.92 Å². The fraction of sp³-hybridized carbons (Fsp3) is 0.308. The number of urea groups is 1. The van der Waals surface area contributed by atoms with Crippen LogP contribution < -0.4 is 10.6 Å². The zero-order valence-electron chi connectivity index (χ0n) is 11.2. The van der Waals surface area contributed by atoms with Gasteiger partial charge >= 0.3 is 12.0 Å². The smallest absolute Gasteiger partial charge is 0.325 e. The number of halogens is 2. The molecule has 1 aromatic rings. The minimum Gasteiger partial charge on any atom is -0.481 e. The van der Waals surface area contributed by atoms with Crippen molar-refractivity contribution in [2.45, 2.75) is 19.8 Å². The van der Waals surface area contributed by atoms with Crippen molar-refractivity contribution >= 4 is 35.2 Å². The highest BCUT2D eigenvalue weighted by Gasteiger charge is 2.15. The van der Waals surface area contributed by atoms with Crippen LogP contribution in [-0.2, 0) is 9.59 Å². The Balaban J connectivity index is 2.51. The minimum atomic E-state index is -1.03. The summed E-state index contributed by atoms with van der Waals surface area (Å²) in [6.45, 7) is 1.57. The van der Waals surface area contributed by atoms with E-state index in [1.54, 1.807) is 6.92 Å². The predicted octanol–water partition coefficient (Wildman–Crippen LogP) is 2.63. The molecule has 6 nitrogen and oxygen atoms in total. The van der Waals surface area contributed by atoms with Gasteiger partial charge in [-0.25, -0.2) is 9.18 Å². The molecule has 0 aromatic heterocycles. The number of carbonyl (C=O) groups excluding carboxylic acids is 2. The summed E-state index contributed by atoms with van der Waals surface area (Å²) >= 11 is 5.66. The van der Waals surface area contributed by atoms with Gasteiger partial charge in [0.1, 0.15) is 5.82 Å². The fourth-order valence-electron chi connectivity index (χ4n) is 1.61. The second-order valence-electron chi connectivity index (χ2n) is 4.53. The molecule has 1 unspecified atom stereocenters. The molecule has 3 amide bonds. The first-order valence-electron chi connectivity index (χ1n) is 6.05. The molecule has 21 heavy (non-hydrogen) atoms. The maximum atomic E-state index is 13.4. The molecule has 1 atom stereocenters. The third kappa shape index (κ3) is 6.22. The van der Waals surface area contributed by atoms with Gasteiger partial charge in [0.15, 0.2) is 0 Å². The number of nitrogens with one attached hydrogen (secondary N) is 2. The Bertz CT molecular complexity index is 565. The van der Waals surface area contributed by atoms with Crippen LogP contribution in [0.2, 0.25) is 5.02 Å². The number of aliphatic carboxylic acids is 1. The van der Waals surface area contributed by atoms with E-state index in [0.717, 1.165) is 6.07 Å². The molecule has 0 bridgehead atoms. The van der Waals surface area contributed by atoms with E-state index >= 15 is 0 Å². The second kappa shape index (κ2) is 7.58. The van der Waals surface area contributed by atoms with Crippen molar-refractivity contribution in [2.75, 3.05) is 5.32 Å². The van der Waals surface area contributed by atoms with Crippen LogP contribution in [0.3, 0.4) is 0 Å². The van der Waals surface area contributed by atoms with E-state index in [1.807, 2.05) is 5.32 Å². The van der Waals surface area contributed by atoms with Gasteiger partial charge in [0.25, 0.3) is 0 Å². The lowest BCUT2D eigenvalue weighted by molar-refractivity contribution is -0.138. The molecule has 1 rings (SSSR count). The zero-order valence-corrected chi connectivity index (χ0v) is 11.9. The Morgan fingerprint density at radius 1 is 1.33 bits per heavy atom. The van der Waals surface area contributed by atoms with E-state index in [4.69, 9.17) is 16.7 Å². The van der Waals surface area contributed by atoms with E-state index in [0.29, 0.717) is 0 Å². The quantitative estimate of drug-likeness (QED) is 0.778. The van der Waals surface area contributed by atoms with Gasteiger partial charge in [-0.05, 0) is 24.1 Å². The van der Waals surface area contributed by atoms with Crippen molar-refractivity contribution < 1.29 is 23.9 Å². The number of anilines is 1. The number of carboxylic acids is 1. The molecule has 0 saturated heterocycles. The Kier molecular flexibility index (Phi) is 6.10. The number of carbonyl (C=O) groups is 3. The molecule has 1 aromatic carbocycles. The normalized spacial score (nSPS) is 11.6. The average Bonchev–Trinajstić information content (AvgIpc) is 2.32. The summed E-state index contributed by atoms with van der Waals surface area (Å²) in [6.07, 6.45) is -0.310. The highest BCUT2D eigenvalue weighted by Crippen LogP contribution is 2.19. The van der Waals surface area contributed by atoms with Crippen LogP contribution in [0.5, 0.6) is 0 Å². The maximum Gasteiger partial charge on any atom is 0.325 e. The van der Waals surface area contributed by atoms with E-state index in [2.05, 4.69) is 5.32 Å². The summed E-state index contributed by atoms with van der Waals surface area (Å²) in [6, 6.07) is 2.69. The summed E-state index contributed by atoms with van der Waals surface area (Å²) in [5.74, 6) is -2.79. The van der Waals surface area contributed by atoms with Gasteiger partial charge in [-0.3, -0.25) is 14.9 Å². The van der Waals surface area contributed by atoms with Crippen LogP contribution in [0.4, 0.5) is 14.9 Å². The summed E-state index contributed by atoms with van der Waals surface area (Å²) < 4.78 is 13.4. The first-order valence-corrected chi connectivity index (χ1v) is 6.43. The first kappa shape index (κ1) is 16.9. The molecule has 0 spiro atoms. The molecule has 114 valence electrons. The number of rotatable bonds is 5. The zero-order chi connectivity index (χ0) is 16.0. The molecule has 8 heteroatoms. The van der Waals surface area contributed by atoms with Crippen LogP contribution in [0, 0.1) is 11.7 Å². The number of benzene rings is 1. The maximum absolute atomic E-state index is 13.4. The Hall–Kier alpha value is -2.15. The standard InChI is InChI=1S/C13H14ClFN2O4/c1-7(5-12(19)20)4-11(18)17-13(21)16-10-6-8(14)2-3-9(10)15/h2-3,6-7H,4-5H2,1H3,(H,19,20)(H2,16,17,18,21). The number of hydrogen-bond donors (Lipinski definition) is 3. The summed E-state index contributed by atoms with van der Waals surface area (Å²) in [4.78, 5) is 33.5. The largest absolute Gasteiger partial charge is 0.481 e. The van der Waals surface area contributed by atoms with Crippen molar-refractivity contribution in [3.63, 3.8) is 0 Å². The highest BCUT2D eigenvalue weighted by atomic mass is 35.5. The Labute approximate surface area is 125 Å². The number of carboxylic acid groups (broad SMARTS) is 1. The van der Waals surface area contributed by atoms with Crippen LogP contribution >= 0.6 is 11.6 Å². The van der Waals surface area contributed by atoms with Crippen molar-refractivity contribution in [1.82, 2.24) is 5.32 Å². The third-order valence-corrected chi connectivity index (χ3v) is 2.72. The van der Waals surface area contributed by atoms with Crippen molar-refractivity contribution in [3.8, 4) is 0 Å². The number of amides is 3. The molecule has 0 aliphatic rings. The molecule has 3 N–H and O–H groups in total. The molecule has 0 heterocycles. The van der Waals surface area contributed by atoms with Crippen LogP contribution in [0.25, 0.3) is 0 Å². The van der Waals surface area contributed by atoms with Crippen molar-refractivity contribution in [1.29, 1.82) is 0 Å². The van der Waals surface area contributed by atoms with E-state index < -0.39 is 29.6 Å². The molecular formula is C13H14ClFN2O4. The number of hydrogen-bond acceptors (Lipinski definition) is 3. The molecule has 0 aliphatic heterocycles. The predicted molar refractivity (Wildman–Crippen MR) is 74.6 cm³/mol. The molecule has 0 aliphatic carbocycles. The lowest BCUT2D eigenvalue weighted by Crippen LogP contribution is -2.35. The summed E-state index contributed by atoms with van der Waals surface area (Å²) in [7, 11) is 0. The summed E-state index contributed by atoms with van der Waals surface area (Å²) in [5, 5.41) is 12.9. The minimum absolute atomic E-state index is 0.127.